The zero-order valence-electron chi connectivity index (χ0n) is 7.61. The van der Waals surface area contributed by atoms with E-state index < -0.39 is 0 Å². The normalized spacial score (nSPS) is 10.6. The zero-order chi connectivity index (χ0) is 9.42. The number of hydrogen-bond donors (Lipinski definition) is 1. The first kappa shape index (κ1) is 7.91. The SMILES string of the molecule is COc1ccc2nc(C)n(N)c2c1. The summed E-state index contributed by atoms with van der Waals surface area (Å²) in [6.45, 7) is 1.87. The zero-order valence-corrected chi connectivity index (χ0v) is 7.61. The molecule has 1 aromatic heterocycles. The minimum atomic E-state index is 0.791. The van der Waals surface area contributed by atoms with E-state index in [0.717, 1.165) is 22.6 Å². The average Bonchev–Trinajstić information content (AvgIpc) is 2.43. The van der Waals surface area contributed by atoms with Gasteiger partial charge in [0.05, 0.1) is 18.1 Å². The van der Waals surface area contributed by atoms with Gasteiger partial charge in [-0.3, -0.25) is 0 Å². The Morgan fingerprint density at radius 3 is 2.92 bits per heavy atom. The van der Waals surface area contributed by atoms with Crippen LogP contribution in [0.4, 0.5) is 0 Å². The maximum Gasteiger partial charge on any atom is 0.125 e. The summed E-state index contributed by atoms with van der Waals surface area (Å²) >= 11 is 0. The van der Waals surface area contributed by atoms with Gasteiger partial charge in [0.2, 0.25) is 0 Å². The van der Waals surface area contributed by atoms with Gasteiger partial charge >= 0.3 is 0 Å². The van der Waals surface area contributed by atoms with Crippen molar-refractivity contribution in [2.24, 2.45) is 0 Å². The molecule has 0 unspecified atom stereocenters. The van der Waals surface area contributed by atoms with Crippen LogP contribution >= 0.6 is 0 Å². The Kier molecular flexibility index (Phi) is 1.62. The van der Waals surface area contributed by atoms with Gasteiger partial charge in [0, 0.05) is 6.07 Å². The molecule has 0 aliphatic rings. The van der Waals surface area contributed by atoms with Crippen LogP contribution in [0, 0.1) is 6.92 Å². The Bertz CT molecular complexity index is 447. The second-order valence-corrected chi connectivity index (χ2v) is 2.88. The summed E-state index contributed by atoms with van der Waals surface area (Å²) in [6.07, 6.45) is 0. The molecule has 0 fully saturated rings. The van der Waals surface area contributed by atoms with Crippen LogP contribution in [0.25, 0.3) is 11.0 Å². The van der Waals surface area contributed by atoms with Crippen LogP contribution in [0.1, 0.15) is 5.82 Å². The van der Waals surface area contributed by atoms with Crippen molar-refractivity contribution >= 4 is 11.0 Å². The van der Waals surface area contributed by atoms with Crippen LogP contribution in [0.5, 0.6) is 5.75 Å². The number of rotatable bonds is 1. The molecule has 2 aromatic rings. The third-order valence-corrected chi connectivity index (χ3v) is 2.07. The van der Waals surface area contributed by atoms with Gasteiger partial charge in [-0.15, -0.1) is 0 Å². The highest BCUT2D eigenvalue weighted by Crippen LogP contribution is 2.19. The molecule has 4 nitrogen and oxygen atoms in total. The monoisotopic (exact) mass is 177 g/mol. The van der Waals surface area contributed by atoms with Crippen molar-refractivity contribution in [3.8, 4) is 5.75 Å². The van der Waals surface area contributed by atoms with Gasteiger partial charge in [-0.05, 0) is 19.1 Å². The van der Waals surface area contributed by atoms with E-state index in [2.05, 4.69) is 4.98 Å². The lowest BCUT2D eigenvalue weighted by atomic mass is 10.3. The van der Waals surface area contributed by atoms with Gasteiger partial charge in [0.15, 0.2) is 0 Å². The first-order valence-corrected chi connectivity index (χ1v) is 4.00. The smallest absolute Gasteiger partial charge is 0.125 e. The summed E-state index contributed by atoms with van der Waals surface area (Å²) in [7, 11) is 1.63. The summed E-state index contributed by atoms with van der Waals surface area (Å²) in [6, 6.07) is 5.63. The van der Waals surface area contributed by atoms with Crippen molar-refractivity contribution in [1.82, 2.24) is 9.66 Å². The van der Waals surface area contributed by atoms with Crippen LogP contribution in [-0.4, -0.2) is 16.8 Å². The summed E-state index contributed by atoms with van der Waals surface area (Å²) in [5, 5.41) is 0. The van der Waals surface area contributed by atoms with Gasteiger partial charge < -0.3 is 10.6 Å². The van der Waals surface area contributed by atoms with Gasteiger partial charge in [-0.2, -0.15) is 0 Å². The number of aryl methyl sites for hydroxylation is 1. The van der Waals surface area contributed by atoms with Crippen LogP contribution in [0.3, 0.4) is 0 Å². The minimum absolute atomic E-state index is 0.791. The first-order chi connectivity index (χ1) is 6.22. The van der Waals surface area contributed by atoms with E-state index in [-0.39, 0.29) is 0 Å². The Hall–Kier alpha value is -1.71. The summed E-state index contributed by atoms with van der Waals surface area (Å²) in [5.74, 6) is 7.35. The number of nitrogen functional groups attached to an aromatic ring is 1. The number of imidazole rings is 1. The maximum absolute atomic E-state index is 5.76. The molecule has 2 rings (SSSR count). The molecular weight excluding hydrogens is 166 g/mol. The number of hydrogen-bond acceptors (Lipinski definition) is 3. The predicted octanol–water partition coefficient (Wildman–Crippen LogP) is 1.07. The van der Waals surface area contributed by atoms with E-state index in [4.69, 9.17) is 10.6 Å². The van der Waals surface area contributed by atoms with E-state index in [0.29, 0.717) is 0 Å². The van der Waals surface area contributed by atoms with Crippen molar-refractivity contribution in [3.05, 3.63) is 24.0 Å². The van der Waals surface area contributed by atoms with Crippen LogP contribution < -0.4 is 10.6 Å². The molecule has 0 spiro atoms. The molecule has 68 valence electrons. The van der Waals surface area contributed by atoms with Gasteiger partial charge in [0.25, 0.3) is 0 Å². The second-order valence-electron chi connectivity index (χ2n) is 2.88. The topological polar surface area (TPSA) is 53.1 Å². The lowest BCUT2D eigenvalue weighted by Crippen LogP contribution is -2.09. The van der Waals surface area contributed by atoms with E-state index in [1.807, 2.05) is 25.1 Å². The van der Waals surface area contributed by atoms with Crippen molar-refractivity contribution in [2.75, 3.05) is 13.0 Å². The molecule has 4 heteroatoms. The summed E-state index contributed by atoms with van der Waals surface area (Å²) < 4.78 is 6.64. The molecule has 0 bridgehead atoms. The molecule has 0 amide bonds. The van der Waals surface area contributed by atoms with Crippen LogP contribution in [0.15, 0.2) is 18.2 Å². The maximum atomic E-state index is 5.76. The molecule has 2 N–H and O–H groups in total. The lowest BCUT2D eigenvalue weighted by Gasteiger charge is -2.00. The van der Waals surface area contributed by atoms with Crippen molar-refractivity contribution in [1.29, 1.82) is 0 Å². The largest absolute Gasteiger partial charge is 0.497 e. The van der Waals surface area contributed by atoms with Gasteiger partial charge in [-0.1, -0.05) is 0 Å². The molecule has 0 saturated carbocycles. The Morgan fingerprint density at radius 2 is 2.23 bits per heavy atom. The standard InChI is InChI=1S/C9H11N3O/c1-6-11-8-4-3-7(13-2)5-9(8)12(6)10/h3-5H,10H2,1-2H3. The fourth-order valence-electron chi connectivity index (χ4n) is 1.32. The molecular formula is C9H11N3O. The number of benzene rings is 1. The predicted molar refractivity (Wildman–Crippen MR) is 51.2 cm³/mol. The minimum Gasteiger partial charge on any atom is -0.497 e. The van der Waals surface area contributed by atoms with E-state index in [1.165, 1.54) is 0 Å². The fourth-order valence-corrected chi connectivity index (χ4v) is 1.32. The summed E-state index contributed by atoms with van der Waals surface area (Å²) in [4.78, 5) is 4.27. The van der Waals surface area contributed by atoms with E-state index in [9.17, 15) is 0 Å². The number of fused-ring (bicyclic) bond motifs is 1. The molecule has 0 aliphatic heterocycles. The molecule has 0 saturated heterocycles. The molecule has 13 heavy (non-hydrogen) atoms. The quantitative estimate of drug-likeness (QED) is 0.663. The van der Waals surface area contributed by atoms with Gasteiger partial charge in [0.1, 0.15) is 11.6 Å². The number of nitrogens with zero attached hydrogens (tertiary/aromatic N) is 2. The first-order valence-electron chi connectivity index (χ1n) is 4.00. The Balaban J connectivity index is 2.75. The van der Waals surface area contributed by atoms with Crippen LogP contribution in [-0.2, 0) is 0 Å². The third-order valence-electron chi connectivity index (χ3n) is 2.07. The molecule has 0 radical (unpaired) electrons. The number of nitrogens with two attached hydrogens (primary N) is 1. The van der Waals surface area contributed by atoms with Crippen LogP contribution in [0.2, 0.25) is 0 Å². The Labute approximate surface area is 75.9 Å². The second kappa shape index (κ2) is 2.65. The highest BCUT2D eigenvalue weighted by molar-refractivity contribution is 5.77. The number of methoxy groups -OCH3 is 1. The lowest BCUT2D eigenvalue weighted by molar-refractivity contribution is 0.415. The Morgan fingerprint density at radius 1 is 1.46 bits per heavy atom. The third kappa shape index (κ3) is 1.11. The molecule has 0 aliphatic carbocycles. The van der Waals surface area contributed by atoms with Crippen molar-refractivity contribution in [3.63, 3.8) is 0 Å². The molecule has 1 aromatic carbocycles. The average molecular weight is 177 g/mol. The van der Waals surface area contributed by atoms with E-state index in [1.54, 1.807) is 11.8 Å². The van der Waals surface area contributed by atoms with Gasteiger partial charge in [-0.25, -0.2) is 9.66 Å². The number of aromatic nitrogens is 2. The highest BCUT2D eigenvalue weighted by atomic mass is 16.5. The molecule has 1 heterocycles. The summed E-state index contributed by atoms with van der Waals surface area (Å²) in [5.41, 5.74) is 1.78. The van der Waals surface area contributed by atoms with E-state index >= 15 is 0 Å². The number of ether oxygens (including phenoxy) is 1. The van der Waals surface area contributed by atoms with Crippen molar-refractivity contribution in [2.45, 2.75) is 6.92 Å². The fraction of sp³-hybridized carbons (Fsp3) is 0.222. The highest BCUT2D eigenvalue weighted by Gasteiger charge is 2.04. The van der Waals surface area contributed by atoms with Crippen molar-refractivity contribution < 1.29 is 4.74 Å². The molecule has 0 atom stereocenters.